The van der Waals surface area contributed by atoms with E-state index in [0.29, 0.717) is 42.6 Å². The molecule has 0 atom stereocenters. The van der Waals surface area contributed by atoms with Crippen molar-refractivity contribution in [2.75, 3.05) is 31.7 Å². The lowest BCUT2D eigenvalue weighted by Crippen LogP contribution is -2.36. The predicted octanol–water partition coefficient (Wildman–Crippen LogP) is 5.83. The molecule has 9 heteroatoms. The van der Waals surface area contributed by atoms with Gasteiger partial charge in [-0.2, -0.15) is 0 Å². The van der Waals surface area contributed by atoms with Gasteiger partial charge in [-0.05, 0) is 80.6 Å². The highest BCUT2D eigenvalue weighted by molar-refractivity contribution is 8.18. The number of aryl methyl sites for hydroxylation is 2. The van der Waals surface area contributed by atoms with Gasteiger partial charge in [-0.3, -0.25) is 19.3 Å². The van der Waals surface area contributed by atoms with Crippen molar-refractivity contribution in [2.24, 2.45) is 0 Å². The van der Waals surface area contributed by atoms with Crippen LogP contribution in [0.1, 0.15) is 23.6 Å². The standard InChI is InChI=1S/C30H30N2O6S/c1-4-36-26-17-22(9-14-25(26)38-16-15-37-24-12-7-21(3)8-13-24)18-27-29(34)32(30(35)39-27)19-28(33)31-23-10-5-20(2)6-11-23/h5-14,17-18H,4,15-16,19H2,1-3H3,(H,31,33)/b27-18-. The fourth-order valence-corrected chi connectivity index (χ4v) is 4.55. The summed E-state index contributed by atoms with van der Waals surface area (Å²) in [5.74, 6) is 0.858. The molecular formula is C30H30N2O6S. The van der Waals surface area contributed by atoms with E-state index in [1.807, 2.05) is 57.2 Å². The van der Waals surface area contributed by atoms with Gasteiger partial charge in [0.05, 0.1) is 11.5 Å². The number of hydrogen-bond acceptors (Lipinski definition) is 7. The summed E-state index contributed by atoms with van der Waals surface area (Å²) < 4.78 is 17.3. The van der Waals surface area contributed by atoms with Gasteiger partial charge in [-0.15, -0.1) is 0 Å². The maximum Gasteiger partial charge on any atom is 0.294 e. The van der Waals surface area contributed by atoms with Crippen LogP contribution < -0.4 is 19.5 Å². The molecule has 1 aliphatic heterocycles. The number of hydrogen-bond donors (Lipinski definition) is 1. The number of imide groups is 1. The molecule has 0 spiro atoms. The number of rotatable bonds is 11. The van der Waals surface area contributed by atoms with E-state index in [4.69, 9.17) is 14.2 Å². The highest BCUT2D eigenvalue weighted by Gasteiger charge is 2.36. The normalized spacial score (nSPS) is 14.0. The third-order valence-corrected chi connectivity index (χ3v) is 6.61. The van der Waals surface area contributed by atoms with E-state index in [2.05, 4.69) is 5.32 Å². The number of nitrogens with zero attached hydrogens (tertiary/aromatic N) is 1. The Kier molecular flexibility index (Phi) is 9.27. The van der Waals surface area contributed by atoms with Crippen LogP contribution in [0, 0.1) is 13.8 Å². The van der Waals surface area contributed by atoms with Crippen molar-refractivity contribution in [3.63, 3.8) is 0 Å². The topological polar surface area (TPSA) is 94.2 Å². The van der Waals surface area contributed by atoms with E-state index >= 15 is 0 Å². The number of ether oxygens (including phenoxy) is 3. The van der Waals surface area contributed by atoms with Crippen LogP contribution in [-0.2, 0) is 9.59 Å². The van der Waals surface area contributed by atoms with Crippen LogP contribution >= 0.6 is 11.8 Å². The van der Waals surface area contributed by atoms with Crippen molar-refractivity contribution in [1.29, 1.82) is 0 Å². The summed E-state index contributed by atoms with van der Waals surface area (Å²) >= 11 is 0.796. The first-order chi connectivity index (χ1) is 18.8. The maximum absolute atomic E-state index is 12.9. The Hall–Kier alpha value is -4.24. The van der Waals surface area contributed by atoms with Crippen molar-refractivity contribution < 1.29 is 28.6 Å². The Morgan fingerprint density at radius 2 is 1.54 bits per heavy atom. The number of amides is 3. The lowest BCUT2D eigenvalue weighted by molar-refractivity contribution is -0.127. The Labute approximate surface area is 231 Å². The molecule has 8 nitrogen and oxygen atoms in total. The maximum atomic E-state index is 12.9. The summed E-state index contributed by atoms with van der Waals surface area (Å²) in [5, 5.41) is 2.21. The molecule has 0 unspecified atom stereocenters. The minimum absolute atomic E-state index is 0.228. The molecule has 3 aromatic carbocycles. The molecule has 1 N–H and O–H groups in total. The van der Waals surface area contributed by atoms with Gasteiger partial charge < -0.3 is 19.5 Å². The minimum atomic E-state index is -0.518. The Balaban J connectivity index is 1.37. The highest BCUT2D eigenvalue weighted by atomic mass is 32.2. The predicted molar refractivity (Wildman–Crippen MR) is 152 cm³/mol. The summed E-state index contributed by atoms with van der Waals surface area (Å²) in [7, 11) is 0. The molecule has 3 amide bonds. The average molecular weight is 547 g/mol. The van der Waals surface area contributed by atoms with Gasteiger partial charge >= 0.3 is 0 Å². The van der Waals surface area contributed by atoms with Crippen LogP contribution in [0.5, 0.6) is 17.2 Å². The second-order valence-corrected chi connectivity index (χ2v) is 9.82. The molecular weight excluding hydrogens is 516 g/mol. The minimum Gasteiger partial charge on any atom is -0.490 e. The van der Waals surface area contributed by atoms with Crippen LogP contribution in [0.4, 0.5) is 10.5 Å². The van der Waals surface area contributed by atoms with Crippen molar-refractivity contribution in [3.8, 4) is 17.2 Å². The zero-order valence-electron chi connectivity index (χ0n) is 22.1. The van der Waals surface area contributed by atoms with Crippen molar-refractivity contribution in [2.45, 2.75) is 20.8 Å². The molecule has 202 valence electrons. The van der Waals surface area contributed by atoms with Crippen LogP contribution in [0.15, 0.2) is 71.6 Å². The molecule has 1 aliphatic rings. The molecule has 1 fully saturated rings. The number of benzene rings is 3. The number of nitrogens with one attached hydrogen (secondary N) is 1. The van der Waals surface area contributed by atoms with Crippen molar-refractivity contribution >= 4 is 40.6 Å². The number of carbonyl (C=O) groups excluding carboxylic acids is 3. The Morgan fingerprint density at radius 1 is 0.872 bits per heavy atom. The first-order valence-electron chi connectivity index (χ1n) is 12.5. The summed E-state index contributed by atoms with van der Waals surface area (Å²) in [6.07, 6.45) is 1.61. The van der Waals surface area contributed by atoms with Gasteiger partial charge in [0, 0.05) is 5.69 Å². The van der Waals surface area contributed by atoms with Gasteiger partial charge in [0.2, 0.25) is 5.91 Å². The van der Waals surface area contributed by atoms with E-state index in [-0.39, 0.29) is 11.4 Å². The number of thioether (sulfide) groups is 1. The lowest BCUT2D eigenvalue weighted by Gasteiger charge is -2.13. The van der Waals surface area contributed by atoms with Gasteiger partial charge in [0.25, 0.3) is 11.1 Å². The van der Waals surface area contributed by atoms with Crippen molar-refractivity contribution in [1.82, 2.24) is 4.90 Å². The van der Waals surface area contributed by atoms with Gasteiger partial charge in [0.15, 0.2) is 11.5 Å². The van der Waals surface area contributed by atoms with Crippen molar-refractivity contribution in [3.05, 3.63) is 88.3 Å². The zero-order valence-corrected chi connectivity index (χ0v) is 22.9. The van der Waals surface area contributed by atoms with E-state index in [1.54, 1.807) is 36.4 Å². The summed E-state index contributed by atoms with van der Waals surface area (Å²) in [6, 6.07) is 20.3. The fourth-order valence-electron chi connectivity index (χ4n) is 3.72. The number of anilines is 1. The molecule has 1 saturated heterocycles. The summed E-state index contributed by atoms with van der Waals surface area (Å²) in [5.41, 5.74) is 3.48. The second kappa shape index (κ2) is 13.0. The summed E-state index contributed by atoms with van der Waals surface area (Å²) in [6.45, 7) is 6.56. The van der Waals surface area contributed by atoms with Crippen LogP contribution in [0.25, 0.3) is 6.08 Å². The van der Waals surface area contributed by atoms with E-state index in [9.17, 15) is 14.4 Å². The smallest absolute Gasteiger partial charge is 0.294 e. The molecule has 0 saturated carbocycles. The molecule has 0 bridgehead atoms. The first kappa shape index (κ1) is 27.8. The van der Waals surface area contributed by atoms with E-state index in [1.165, 1.54) is 0 Å². The summed E-state index contributed by atoms with van der Waals surface area (Å²) in [4.78, 5) is 39.0. The zero-order chi connectivity index (χ0) is 27.8. The largest absolute Gasteiger partial charge is 0.490 e. The van der Waals surface area contributed by atoms with Crippen LogP contribution in [-0.4, -0.2) is 48.3 Å². The SMILES string of the molecule is CCOc1cc(/C=C2\SC(=O)N(CC(=O)Nc3ccc(C)cc3)C2=O)ccc1OCCOc1ccc(C)cc1. The lowest BCUT2D eigenvalue weighted by atomic mass is 10.2. The number of carbonyl (C=O) groups is 3. The van der Waals surface area contributed by atoms with E-state index < -0.39 is 17.1 Å². The first-order valence-corrected chi connectivity index (χ1v) is 13.3. The Bertz CT molecular complexity index is 1370. The van der Waals surface area contributed by atoms with Crippen LogP contribution in [0.3, 0.4) is 0 Å². The van der Waals surface area contributed by atoms with Gasteiger partial charge in [0.1, 0.15) is 25.5 Å². The second-order valence-electron chi connectivity index (χ2n) is 8.83. The molecule has 1 heterocycles. The van der Waals surface area contributed by atoms with Gasteiger partial charge in [-0.25, -0.2) is 0 Å². The molecule has 3 aromatic rings. The third-order valence-electron chi connectivity index (χ3n) is 5.71. The molecule has 4 rings (SSSR count). The molecule has 0 aliphatic carbocycles. The molecule has 0 radical (unpaired) electrons. The fraction of sp³-hybridized carbons (Fsp3) is 0.233. The van der Waals surface area contributed by atoms with Gasteiger partial charge in [-0.1, -0.05) is 41.5 Å². The average Bonchev–Trinajstić information content (AvgIpc) is 3.17. The van der Waals surface area contributed by atoms with E-state index in [0.717, 1.165) is 33.5 Å². The third kappa shape index (κ3) is 7.64. The Morgan fingerprint density at radius 3 is 2.23 bits per heavy atom. The monoisotopic (exact) mass is 546 g/mol. The highest BCUT2D eigenvalue weighted by Crippen LogP contribution is 2.34. The molecule has 0 aromatic heterocycles. The van der Waals surface area contributed by atoms with Crippen LogP contribution in [0.2, 0.25) is 0 Å². The quantitative estimate of drug-likeness (QED) is 0.239. The molecule has 39 heavy (non-hydrogen) atoms.